The molecule has 2 aromatic rings. The van der Waals surface area contributed by atoms with Crippen molar-refractivity contribution in [3.63, 3.8) is 0 Å². The van der Waals surface area contributed by atoms with Crippen LogP contribution in [0.3, 0.4) is 0 Å². The number of nitrogens with one attached hydrogen (secondary N) is 1. The molecule has 2 rings (SSSR count). The lowest BCUT2D eigenvalue weighted by Gasteiger charge is -2.25. The van der Waals surface area contributed by atoms with Crippen LogP contribution in [0.25, 0.3) is 6.08 Å². The molecule has 0 saturated heterocycles. The van der Waals surface area contributed by atoms with Gasteiger partial charge in [0.2, 0.25) is 11.7 Å². The Morgan fingerprint density at radius 1 is 1.10 bits per heavy atom. The third-order valence-corrected chi connectivity index (χ3v) is 4.82. The van der Waals surface area contributed by atoms with E-state index in [4.69, 9.17) is 25.8 Å². The molecule has 0 aliphatic heterocycles. The van der Waals surface area contributed by atoms with E-state index >= 15 is 0 Å². The summed E-state index contributed by atoms with van der Waals surface area (Å²) in [5.41, 5.74) is 1.72. The molecule has 0 radical (unpaired) electrons. The van der Waals surface area contributed by atoms with Gasteiger partial charge in [0.25, 0.3) is 0 Å². The molecule has 7 heteroatoms. The van der Waals surface area contributed by atoms with E-state index in [1.54, 1.807) is 39.5 Å². The molecule has 0 aliphatic carbocycles. The first kappa shape index (κ1) is 22.6. The fourth-order valence-electron chi connectivity index (χ4n) is 2.94. The lowest BCUT2D eigenvalue weighted by molar-refractivity contribution is -0.116. The van der Waals surface area contributed by atoms with E-state index in [9.17, 15) is 4.79 Å². The largest absolute Gasteiger partial charge is 0.493 e. The van der Waals surface area contributed by atoms with Crippen molar-refractivity contribution in [2.24, 2.45) is 0 Å². The highest BCUT2D eigenvalue weighted by atomic mass is 35.5. The predicted molar refractivity (Wildman–Crippen MR) is 116 cm³/mol. The van der Waals surface area contributed by atoms with E-state index in [0.29, 0.717) is 28.8 Å². The van der Waals surface area contributed by atoms with Gasteiger partial charge in [-0.1, -0.05) is 29.8 Å². The number of nitrogens with zero attached hydrogens (tertiary/aromatic N) is 1. The number of carbonyl (C=O) groups is 1. The van der Waals surface area contributed by atoms with Gasteiger partial charge < -0.3 is 24.4 Å². The molecule has 0 aromatic heterocycles. The lowest BCUT2D eigenvalue weighted by Crippen LogP contribution is -2.33. The van der Waals surface area contributed by atoms with Gasteiger partial charge in [0.05, 0.1) is 27.4 Å². The van der Waals surface area contributed by atoms with Gasteiger partial charge in [-0.25, -0.2) is 0 Å². The maximum Gasteiger partial charge on any atom is 0.244 e. The fourth-order valence-corrected chi connectivity index (χ4v) is 3.20. The average Bonchev–Trinajstić information content (AvgIpc) is 2.72. The van der Waals surface area contributed by atoms with Gasteiger partial charge in [0, 0.05) is 17.6 Å². The molecule has 156 valence electrons. The highest BCUT2D eigenvalue weighted by Crippen LogP contribution is 2.38. The topological polar surface area (TPSA) is 60.0 Å². The standard InChI is InChI=1S/C22H27ClN2O4/c1-25(2)18(16-8-6-7-9-17(16)23)14-24-21(26)11-10-15-12-19(27-3)22(29-5)20(13-15)28-4/h6-13,18H,14H2,1-5H3,(H,24,26)/b11-10+. The Kier molecular flexibility index (Phi) is 8.36. The molecule has 1 amide bonds. The van der Waals surface area contributed by atoms with E-state index in [1.165, 1.54) is 6.08 Å². The minimum Gasteiger partial charge on any atom is -0.493 e. The molecule has 6 nitrogen and oxygen atoms in total. The van der Waals surface area contributed by atoms with Crippen LogP contribution >= 0.6 is 11.6 Å². The third kappa shape index (κ3) is 5.89. The minimum absolute atomic E-state index is 0.0396. The number of methoxy groups -OCH3 is 3. The van der Waals surface area contributed by atoms with Gasteiger partial charge in [-0.2, -0.15) is 0 Å². The zero-order valence-electron chi connectivity index (χ0n) is 17.4. The number of likely N-dealkylation sites (N-methyl/N-ethyl adjacent to an activating group) is 1. The van der Waals surface area contributed by atoms with Gasteiger partial charge in [-0.15, -0.1) is 0 Å². The normalized spacial score (nSPS) is 12.1. The van der Waals surface area contributed by atoms with Crippen LogP contribution in [0.2, 0.25) is 5.02 Å². The summed E-state index contributed by atoms with van der Waals surface area (Å²) in [5.74, 6) is 1.35. The lowest BCUT2D eigenvalue weighted by atomic mass is 10.1. The van der Waals surface area contributed by atoms with Crippen molar-refractivity contribution >= 4 is 23.6 Å². The molecular weight excluding hydrogens is 392 g/mol. The first-order chi connectivity index (χ1) is 13.9. The highest BCUT2D eigenvalue weighted by molar-refractivity contribution is 6.31. The Morgan fingerprint density at radius 3 is 2.24 bits per heavy atom. The van der Waals surface area contributed by atoms with E-state index in [-0.39, 0.29) is 11.9 Å². The molecule has 0 spiro atoms. The van der Waals surface area contributed by atoms with E-state index in [1.807, 2.05) is 43.3 Å². The van der Waals surface area contributed by atoms with Crippen molar-refractivity contribution < 1.29 is 19.0 Å². The second-order valence-corrected chi connectivity index (χ2v) is 6.95. The number of hydrogen-bond acceptors (Lipinski definition) is 5. The number of carbonyl (C=O) groups excluding carboxylic acids is 1. The van der Waals surface area contributed by atoms with Gasteiger partial charge in [-0.3, -0.25) is 4.79 Å². The Morgan fingerprint density at radius 2 is 1.72 bits per heavy atom. The molecular formula is C22H27ClN2O4. The van der Waals surface area contributed by atoms with Crippen molar-refractivity contribution in [3.05, 3.63) is 58.6 Å². The van der Waals surface area contributed by atoms with E-state index in [0.717, 1.165) is 11.1 Å². The maximum atomic E-state index is 12.4. The first-order valence-electron chi connectivity index (χ1n) is 9.08. The summed E-state index contributed by atoms with van der Waals surface area (Å²) in [6.07, 6.45) is 3.17. The van der Waals surface area contributed by atoms with Crippen LogP contribution in [0.15, 0.2) is 42.5 Å². The third-order valence-electron chi connectivity index (χ3n) is 4.47. The SMILES string of the molecule is COc1cc(/C=C/C(=O)NCC(c2ccccc2Cl)N(C)C)cc(OC)c1OC. The second-order valence-electron chi connectivity index (χ2n) is 6.54. The summed E-state index contributed by atoms with van der Waals surface area (Å²) in [6.45, 7) is 0.426. The van der Waals surface area contributed by atoms with Crippen molar-refractivity contribution in [3.8, 4) is 17.2 Å². The van der Waals surface area contributed by atoms with Gasteiger partial charge in [0.1, 0.15) is 0 Å². The number of benzene rings is 2. The van der Waals surface area contributed by atoms with Crippen molar-refractivity contribution in [2.45, 2.75) is 6.04 Å². The van der Waals surface area contributed by atoms with Crippen LogP contribution in [0, 0.1) is 0 Å². The average molecular weight is 419 g/mol. The van der Waals surface area contributed by atoms with Gasteiger partial charge in [0.15, 0.2) is 11.5 Å². The van der Waals surface area contributed by atoms with Crippen molar-refractivity contribution in [1.29, 1.82) is 0 Å². The molecule has 2 aromatic carbocycles. The molecule has 0 aliphatic rings. The summed E-state index contributed by atoms with van der Waals surface area (Å²) < 4.78 is 16.0. The first-order valence-corrected chi connectivity index (χ1v) is 9.45. The molecule has 1 atom stereocenters. The van der Waals surface area contributed by atoms with Crippen LogP contribution in [0.4, 0.5) is 0 Å². The summed E-state index contributed by atoms with van der Waals surface area (Å²) >= 11 is 6.31. The van der Waals surface area contributed by atoms with E-state index in [2.05, 4.69) is 5.32 Å². The Balaban J connectivity index is 2.10. The number of amides is 1. The van der Waals surface area contributed by atoms with Gasteiger partial charge >= 0.3 is 0 Å². The van der Waals surface area contributed by atoms with Crippen LogP contribution < -0.4 is 19.5 Å². The van der Waals surface area contributed by atoms with Crippen LogP contribution in [0.1, 0.15) is 17.2 Å². The van der Waals surface area contributed by atoms with Crippen LogP contribution in [-0.2, 0) is 4.79 Å². The second kappa shape index (κ2) is 10.7. The van der Waals surface area contributed by atoms with Crippen LogP contribution in [-0.4, -0.2) is 52.8 Å². The zero-order chi connectivity index (χ0) is 21.4. The van der Waals surface area contributed by atoms with Crippen molar-refractivity contribution in [1.82, 2.24) is 10.2 Å². The molecule has 1 N–H and O–H groups in total. The Bertz CT molecular complexity index is 843. The summed E-state index contributed by atoms with van der Waals surface area (Å²) in [4.78, 5) is 14.4. The molecule has 1 unspecified atom stereocenters. The van der Waals surface area contributed by atoms with Gasteiger partial charge in [-0.05, 0) is 49.5 Å². The Labute approximate surface area is 177 Å². The smallest absolute Gasteiger partial charge is 0.244 e. The minimum atomic E-state index is -0.211. The molecule has 0 heterocycles. The number of rotatable bonds is 9. The molecule has 0 bridgehead atoms. The monoisotopic (exact) mass is 418 g/mol. The maximum absolute atomic E-state index is 12.4. The number of hydrogen-bond donors (Lipinski definition) is 1. The quantitative estimate of drug-likeness (QED) is 0.628. The molecule has 0 fully saturated rings. The highest BCUT2D eigenvalue weighted by Gasteiger charge is 2.17. The predicted octanol–water partition coefficient (Wildman–Crippen LogP) is 3.80. The summed E-state index contributed by atoms with van der Waals surface area (Å²) in [6, 6.07) is 11.1. The fraction of sp³-hybridized carbons (Fsp3) is 0.318. The number of ether oxygens (including phenoxy) is 3. The van der Waals surface area contributed by atoms with E-state index < -0.39 is 0 Å². The zero-order valence-corrected chi connectivity index (χ0v) is 18.1. The number of halogens is 1. The molecule has 29 heavy (non-hydrogen) atoms. The van der Waals surface area contributed by atoms with Crippen molar-refractivity contribution in [2.75, 3.05) is 42.0 Å². The Hall–Kier alpha value is -2.70. The van der Waals surface area contributed by atoms with Crippen LogP contribution in [0.5, 0.6) is 17.2 Å². The molecule has 0 saturated carbocycles. The summed E-state index contributed by atoms with van der Waals surface area (Å²) in [5, 5.41) is 3.60. The summed E-state index contributed by atoms with van der Waals surface area (Å²) in [7, 11) is 8.54.